The van der Waals surface area contributed by atoms with Gasteiger partial charge >= 0.3 is 0 Å². The van der Waals surface area contributed by atoms with Crippen LogP contribution < -0.4 is 0 Å². The molecule has 1 heterocycles. The lowest BCUT2D eigenvalue weighted by Gasteiger charge is -2.21. The third-order valence-electron chi connectivity index (χ3n) is 10.4. The van der Waals surface area contributed by atoms with E-state index in [1.165, 1.54) is 76.6 Å². The van der Waals surface area contributed by atoms with Gasteiger partial charge in [0.15, 0.2) is 0 Å². The SMILES string of the molecule is C=C/C=C\C(=C/C)c1cc2ccccc2cc1-c1ccc2c(c1)c(-c1ccccc1)c(-c1ccccc1)c1cc(-c3nccc4ccccc34)ccc12. The molecule has 1 heteroatoms. The van der Waals surface area contributed by atoms with E-state index in [0.717, 1.165) is 22.2 Å². The Morgan fingerprint density at radius 3 is 1.70 bits per heavy atom. The lowest BCUT2D eigenvalue weighted by atomic mass is 9.82. The van der Waals surface area contributed by atoms with Gasteiger partial charge in [-0.15, -0.1) is 0 Å². The Balaban J connectivity index is 1.40. The van der Waals surface area contributed by atoms with E-state index in [1.54, 1.807) is 0 Å². The molecule has 0 fully saturated rings. The Hall–Kier alpha value is -6.83. The Morgan fingerprint density at radius 1 is 0.491 bits per heavy atom. The molecule has 0 unspecified atom stereocenters. The van der Waals surface area contributed by atoms with Crippen LogP contribution in [0, 0.1) is 0 Å². The van der Waals surface area contributed by atoms with Crippen LogP contribution >= 0.6 is 0 Å². The monoisotopic (exact) mass is 675 g/mol. The molecule has 0 bridgehead atoms. The summed E-state index contributed by atoms with van der Waals surface area (Å²) >= 11 is 0. The number of benzene rings is 8. The van der Waals surface area contributed by atoms with E-state index in [-0.39, 0.29) is 0 Å². The molecule has 9 rings (SSSR count). The first-order valence-corrected chi connectivity index (χ1v) is 18.2. The highest BCUT2D eigenvalue weighted by Crippen LogP contribution is 2.47. The third-order valence-corrected chi connectivity index (χ3v) is 10.4. The normalized spacial score (nSPS) is 12.0. The first-order valence-electron chi connectivity index (χ1n) is 18.2. The molecule has 0 amide bonds. The molecule has 9 aromatic rings. The Kier molecular flexibility index (Phi) is 8.31. The standard InChI is InChI=1S/C52H37N/c1-3-5-16-35(4-2)46-31-39-22-12-13-23-40(39)32-47(46)41-25-27-44-45-28-26-42(52-43-24-15-14-17-36(43)29-30-53-52)34-49(45)51(38-20-10-7-11-21-38)50(48(44)33-41)37-18-8-6-9-19-37/h3-34H,1H2,2H3/b16-5-,35-4+. The van der Waals surface area contributed by atoms with Gasteiger partial charge in [0.05, 0.1) is 5.69 Å². The average molecular weight is 676 g/mol. The molecule has 1 aromatic heterocycles. The van der Waals surface area contributed by atoms with Gasteiger partial charge in [0.25, 0.3) is 0 Å². The lowest BCUT2D eigenvalue weighted by Crippen LogP contribution is -1.95. The van der Waals surface area contributed by atoms with Crippen LogP contribution in [0.15, 0.2) is 201 Å². The number of pyridine rings is 1. The van der Waals surface area contributed by atoms with E-state index in [1.807, 2.05) is 18.3 Å². The van der Waals surface area contributed by atoms with Crippen molar-refractivity contribution >= 4 is 48.7 Å². The van der Waals surface area contributed by atoms with Crippen molar-refractivity contribution in [3.63, 3.8) is 0 Å². The van der Waals surface area contributed by atoms with Crippen molar-refractivity contribution in [2.45, 2.75) is 6.92 Å². The predicted molar refractivity (Wildman–Crippen MR) is 229 cm³/mol. The van der Waals surface area contributed by atoms with Crippen LogP contribution in [0.2, 0.25) is 0 Å². The van der Waals surface area contributed by atoms with Crippen LogP contribution in [-0.2, 0) is 0 Å². The summed E-state index contributed by atoms with van der Waals surface area (Å²) in [5.74, 6) is 0. The van der Waals surface area contributed by atoms with Gasteiger partial charge in [0.2, 0.25) is 0 Å². The third kappa shape index (κ3) is 5.73. The molecule has 0 saturated carbocycles. The summed E-state index contributed by atoms with van der Waals surface area (Å²) in [7, 11) is 0. The topological polar surface area (TPSA) is 12.9 Å². The summed E-state index contributed by atoms with van der Waals surface area (Å²) in [6.07, 6.45) is 10.1. The van der Waals surface area contributed by atoms with Crippen molar-refractivity contribution in [3.05, 3.63) is 206 Å². The Bertz CT molecular complexity index is 2890. The highest BCUT2D eigenvalue weighted by Gasteiger charge is 2.20. The first-order chi connectivity index (χ1) is 26.2. The van der Waals surface area contributed by atoms with Gasteiger partial charge in [-0.2, -0.15) is 0 Å². The number of aromatic nitrogens is 1. The van der Waals surface area contributed by atoms with E-state index >= 15 is 0 Å². The minimum absolute atomic E-state index is 0.995. The van der Waals surface area contributed by atoms with Crippen molar-refractivity contribution < 1.29 is 0 Å². The summed E-state index contributed by atoms with van der Waals surface area (Å²) in [6, 6.07) is 59.6. The molecule has 0 saturated heterocycles. The number of nitrogens with zero attached hydrogens (tertiary/aromatic N) is 1. The van der Waals surface area contributed by atoms with Gasteiger partial charge in [0.1, 0.15) is 0 Å². The molecule has 53 heavy (non-hydrogen) atoms. The van der Waals surface area contributed by atoms with E-state index < -0.39 is 0 Å². The molecular weight excluding hydrogens is 639 g/mol. The van der Waals surface area contributed by atoms with Crippen LogP contribution in [0.3, 0.4) is 0 Å². The molecule has 250 valence electrons. The smallest absolute Gasteiger partial charge is 0.0780 e. The molecule has 1 nitrogen and oxygen atoms in total. The molecule has 0 aliphatic heterocycles. The quantitative estimate of drug-likeness (QED) is 0.121. The Morgan fingerprint density at radius 2 is 1.06 bits per heavy atom. The fourth-order valence-electron chi connectivity index (χ4n) is 7.95. The minimum atomic E-state index is 0.995. The molecule has 0 aliphatic rings. The molecule has 0 radical (unpaired) electrons. The van der Waals surface area contributed by atoms with Gasteiger partial charge < -0.3 is 0 Å². The van der Waals surface area contributed by atoms with Crippen molar-refractivity contribution in [1.82, 2.24) is 4.98 Å². The zero-order valence-electron chi connectivity index (χ0n) is 29.6. The molecule has 0 aliphatic carbocycles. The van der Waals surface area contributed by atoms with Crippen LogP contribution in [0.4, 0.5) is 0 Å². The van der Waals surface area contributed by atoms with Gasteiger partial charge in [-0.05, 0) is 119 Å². The number of allylic oxidation sites excluding steroid dienone is 5. The van der Waals surface area contributed by atoms with Crippen molar-refractivity contribution in [3.8, 4) is 44.6 Å². The molecule has 8 aromatic carbocycles. The van der Waals surface area contributed by atoms with Crippen LogP contribution in [0.5, 0.6) is 0 Å². The predicted octanol–water partition coefficient (Wildman–Crippen LogP) is 14.5. The number of hydrogen-bond acceptors (Lipinski definition) is 1. The Labute approximate surface area is 310 Å². The second kappa shape index (κ2) is 13.7. The van der Waals surface area contributed by atoms with E-state index in [9.17, 15) is 0 Å². The summed E-state index contributed by atoms with van der Waals surface area (Å²) in [5, 5.41) is 9.65. The van der Waals surface area contributed by atoms with E-state index in [2.05, 4.69) is 189 Å². The number of hydrogen-bond donors (Lipinski definition) is 0. The fraction of sp³-hybridized carbons (Fsp3) is 0.0192. The van der Waals surface area contributed by atoms with Gasteiger partial charge in [-0.25, -0.2) is 0 Å². The average Bonchev–Trinajstić information content (AvgIpc) is 3.23. The maximum atomic E-state index is 4.93. The number of fused-ring (bicyclic) bond motifs is 5. The summed E-state index contributed by atoms with van der Waals surface area (Å²) in [4.78, 5) is 4.93. The van der Waals surface area contributed by atoms with Crippen molar-refractivity contribution in [1.29, 1.82) is 0 Å². The number of rotatable bonds is 7. The molecule has 0 N–H and O–H groups in total. The first kappa shape index (κ1) is 32.1. The van der Waals surface area contributed by atoms with E-state index in [0.29, 0.717) is 0 Å². The van der Waals surface area contributed by atoms with Gasteiger partial charge in [-0.1, -0.05) is 164 Å². The second-order valence-corrected chi connectivity index (χ2v) is 13.5. The summed E-state index contributed by atoms with van der Waals surface area (Å²) < 4.78 is 0. The second-order valence-electron chi connectivity index (χ2n) is 13.5. The maximum absolute atomic E-state index is 4.93. The molecular formula is C52H37N. The van der Waals surface area contributed by atoms with Crippen LogP contribution in [-0.4, -0.2) is 4.98 Å². The van der Waals surface area contributed by atoms with Crippen molar-refractivity contribution in [2.24, 2.45) is 0 Å². The fourth-order valence-corrected chi connectivity index (χ4v) is 7.95. The zero-order chi connectivity index (χ0) is 35.7. The maximum Gasteiger partial charge on any atom is 0.0780 e. The molecule has 0 atom stereocenters. The lowest BCUT2D eigenvalue weighted by molar-refractivity contribution is 1.36. The van der Waals surface area contributed by atoms with Crippen LogP contribution in [0.25, 0.3) is 93.3 Å². The summed E-state index contributed by atoms with van der Waals surface area (Å²) in [6.45, 7) is 6.05. The minimum Gasteiger partial charge on any atom is -0.256 e. The zero-order valence-corrected chi connectivity index (χ0v) is 29.6. The van der Waals surface area contributed by atoms with Gasteiger partial charge in [0, 0.05) is 17.1 Å². The van der Waals surface area contributed by atoms with Crippen molar-refractivity contribution in [2.75, 3.05) is 0 Å². The highest BCUT2D eigenvalue weighted by atomic mass is 14.7. The highest BCUT2D eigenvalue weighted by molar-refractivity contribution is 6.23. The largest absolute Gasteiger partial charge is 0.256 e. The van der Waals surface area contributed by atoms with E-state index in [4.69, 9.17) is 4.98 Å². The van der Waals surface area contributed by atoms with Gasteiger partial charge in [-0.3, -0.25) is 4.98 Å². The van der Waals surface area contributed by atoms with Crippen LogP contribution in [0.1, 0.15) is 12.5 Å². The summed E-state index contributed by atoms with van der Waals surface area (Å²) in [5.41, 5.74) is 11.7. The molecule has 0 spiro atoms.